The van der Waals surface area contributed by atoms with Gasteiger partial charge < -0.3 is 19.9 Å². The molecule has 232 valence electrons. The molecule has 0 amide bonds. The van der Waals surface area contributed by atoms with Gasteiger partial charge in [-0.1, -0.05) is 34.1 Å². The lowest BCUT2D eigenvalue weighted by Gasteiger charge is -2.13. The highest BCUT2D eigenvalue weighted by Crippen LogP contribution is 2.47. The number of phenolic OH excluding ortho intramolecular Hbond substituents is 1. The standard InChI is InChI=1S/C30H25N9O6S/c1-14-9-10-22(20(11-14)30-33-17(4)39-45-30)35-36-26-15(2)12-18-13-23(46(41,42)43)27(28(40)24(18)25(26)31)37-34-21-8-6-5-7-19(21)29-32-16(3)38-44-29/h5-13,40H,31H2,1-4H3,(H,41,42,43). The van der Waals surface area contributed by atoms with E-state index in [-0.39, 0.29) is 39.6 Å². The average Bonchev–Trinajstić information content (AvgIpc) is 3.64. The number of nitrogens with two attached hydrogens (primary N) is 1. The molecule has 0 fully saturated rings. The Bertz CT molecular complexity index is 2330. The molecule has 0 saturated heterocycles. The fraction of sp³-hybridized carbons (Fsp3) is 0.133. The summed E-state index contributed by atoms with van der Waals surface area (Å²) in [4.78, 5) is 7.80. The van der Waals surface area contributed by atoms with Crippen LogP contribution in [-0.4, -0.2) is 38.4 Å². The molecule has 0 aliphatic heterocycles. The largest absolute Gasteiger partial charge is 0.505 e. The van der Waals surface area contributed by atoms with Gasteiger partial charge in [-0.15, -0.1) is 20.5 Å². The molecule has 0 aliphatic carbocycles. The third-order valence-corrected chi connectivity index (χ3v) is 7.77. The second kappa shape index (κ2) is 11.6. The number of aromatic nitrogens is 4. The van der Waals surface area contributed by atoms with E-state index in [1.54, 1.807) is 57.2 Å². The number of benzene rings is 4. The lowest BCUT2D eigenvalue weighted by atomic mass is 10.0. The number of phenols is 1. The van der Waals surface area contributed by atoms with Crippen molar-refractivity contribution in [2.45, 2.75) is 32.6 Å². The smallest absolute Gasteiger partial charge is 0.296 e. The van der Waals surface area contributed by atoms with E-state index in [9.17, 15) is 18.1 Å². The Morgan fingerprint density at radius 2 is 1.37 bits per heavy atom. The van der Waals surface area contributed by atoms with Gasteiger partial charge in [-0.25, -0.2) is 0 Å². The van der Waals surface area contributed by atoms with Crippen molar-refractivity contribution in [3.63, 3.8) is 0 Å². The number of nitrogen functional groups attached to an aromatic ring is 1. The van der Waals surface area contributed by atoms with E-state index < -0.39 is 26.5 Å². The summed E-state index contributed by atoms with van der Waals surface area (Å²) in [6, 6.07) is 14.7. The second-order valence-corrected chi connectivity index (χ2v) is 11.7. The number of aromatic hydroxyl groups is 1. The first-order valence-corrected chi connectivity index (χ1v) is 15.1. The van der Waals surface area contributed by atoms with E-state index in [1.807, 2.05) is 19.1 Å². The first-order valence-electron chi connectivity index (χ1n) is 13.6. The number of fused-ring (bicyclic) bond motifs is 1. The minimum absolute atomic E-state index is 0.0152. The Morgan fingerprint density at radius 1 is 0.761 bits per heavy atom. The molecular formula is C30H25N9O6S. The van der Waals surface area contributed by atoms with E-state index in [1.165, 1.54) is 0 Å². The molecule has 6 aromatic rings. The van der Waals surface area contributed by atoms with Crippen molar-refractivity contribution >= 4 is 49.3 Å². The van der Waals surface area contributed by atoms with Gasteiger partial charge in [0.25, 0.3) is 21.9 Å². The van der Waals surface area contributed by atoms with Crippen LogP contribution in [0, 0.1) is 27.7 Å². The summed E-state index contributed by atoms with van der Waals surface area (Å²) in [6.07, 6.45) is 0. The Labute approximate surface area is 261 Å². The van der Waals surface area contributed by atoms with E-state index >= 15 is 0 Å². The van der Waals surface area contributed by atoms with Crippen LogP contribution in [0.4, 0.5) is 28.4 Å². The lowest BCUT2D eigenvalue weighted by molar-refractivity contribution is 0.425. The molecule has 0 aliphatic rings. The van der Waals surface area contributed by atoms with E-state index in [0.29, 0.717) is 34.0 Å². The molecule has 0 spiro atoms. The maximum Gasteiger partial charge on any atom is 0.296 e. The molecule has 0 unspecified atom stereocenters. The maximum atomic E-state index is 12.5. The van der Waals surface area contributed by atoms with Crippen LogP contribution >= 0.6 is 0 Å². The lowest BCUT2D eigenvalue weighted by Crippen LogP contribution is -2.00. The number of rotatable bonds is 7. The van der Waals surface area contributed by atoms with Gasteiger partial charge >= 0.3 is 0 Å². The van der Waals surface area contributed by atoms with Gasteiger partial charge in [0.05, 0.1) is 33.6 Å². The molecule has 6 rings (SSSR count). The number of hydrogen-bond donors (Lipinski definition) is 3. The second-order valence-electron chi connectivity index (χ2n) is 10.3. The van der Waals surface area contributed by atoms with E-state index in [0.717, 1.165) is 11.6 Å². The topological polar surface area (TPSA) is 228 Å². The highest BCUT2D eigenvalue weighted by Gasteiger charge is 2.25. The van der Waals surface area contributed by atoms with Gasteiger partial charge in [0.15, 0.2) is 17.4 Å². The Hall–Kier alpha value is -5.87. The summed E-state index contributed by atoms with van der Waals surface area (Å²) in [5.74, 6) is 0.621. The van der Waals surface area contributed by atoms with Crippen LogP contribution < -0.4 is 5.73 Å². The molecule has 2 heterocycles. The number of azo groups is 2. The number of aryl methyl sites for hydroxylation is 4. The molecule has 0 bridgehead atoms. The first kappa shape index (κ1) is 30.2. The zero-order valence-corrected chi connectivity index (χ0v) is 25.6. The molecule has 0 atom stereocenters. The fourth-order valence-electron chi connectivity index (χ4n) is 4.78. The predicted molar refractivity (Wildman–Crippen MR) is 167 cm³/mol. The molecule has 4 N–H and O–H groups in total. The van der Waals surface area contributed by atoms with Gasteiger partial charge in [-0.2, -0.15) is 18.4 Å². The van der Waals surface area contributed by atoms with Crippen LogP contribution in [-0.2, 0) is 10.1 Å². The Balaban J connectivity index is 1.49. The monoisotopic (exact) mass is 639 g/mol. The van der Waals surface area contributed by atoms with Crippen LogP contribution in [0.5, 0.6) is 5.75 Å². The maximum absolute atomic E-state index is 12.5. The van der Waals surface area contributed by atoms with Crippen molar-refractivity contribution < 1.29 is 27.1 Å². The van der Waals surface area contributed by atoms with Crippen LogP contribution in [0.25, 0.3) is 33.7 Å². The molecule has 2 aromatic heterocycles. The third-order valence-electron chi connectivity index (χ3n) is 6.91. The van der Waals surface area contributed by atoms with Gasteiger partial charge in [0.2, 0.25) is 0 Å². The Morgan fingerprint density at radius 3 is 2.00 bits per heavy atom. The zero-order valence-electron chi connectivity index (χ0n) is 24.8. The summed E-state index contributed by atoms with van der Waals surface area (Å²) in [6.45, 7) is 6.94. The van der Waals surface area contributed by atoms with Crippen molar-refractivity contribution in [1.29, 1.82) is 0 Å². The van der Waals surface area contributed by atoms with Crippen molar-refractivity contribution in [2.24, 2.45) is 20.5 Å². The van der Waals surface area contributed by atoms with Gasteiger partial charge in [0, 0.05) is 0 Å². The summed E-state index contributed by atoms with van der Waals surface area (Å²) in [5.41, 5.74) is 9.23. The predicted octanol–water partition coefficient (Wildman–Crippen LogP) is 7.54. The highest BCUT2D eigenvalue weighted by atomic mass is 32.2. The van der Waals surface area contributed by atoms with E-state index in [2.05, 4.69) is 40.7 Å². The minimum atomic E-state index is -4.88. The van der Waals surface area contributed by atoms with Crippen LogP contribution in [0.3, 0.4) is 0 Å². The number of nitrogens with zero attached hydrogens (tertiary/aromatic N) is 8. The van der Waals surface area contributed by atoms with Gasteiger partial charge in [-0.3, -0.25) is 4.55 Å². The van der Waals surface area contributed by atoms with Crippen molar-refractivity contribution in [3.05, 3.63) is 77.4 Å². The molecule has 0 saturated carbocycles. The normalized spacial score (nSPS) is 12.2. The molecular weight excluding hydrogens is 614 g/mol. The summed E-state index contributed by atoms with van der Waals surface area (Å²) in [7, 11) is -4.88. The number of hydrogen-bond acceptors (Lipinski definition) is 14. The number of anilines is 1. The molecule has 0 radical (unpaired) electrons. The van der Waals surface area contributed by atoms with Gasteiger partial charge in [-0.05, 0) is 75.0 Å². The Kier molecular flexibility index (Phi) is 7.59. The van der Waals surface area contributed by atoms with Gasteiger partial charge in [0.1, 0.15) is 16.3 Å². The van der Waals surface area contributed by atoms with Crippen LogP contribution in [0.2, 0.25) is 0 Å². The highest BCUT2D eigenvalue weighted by molar-refractivity contribution is 7.86. The van der Waals surface area contributed by atoms with Crippen LogP contribution in [0.15, 0.2) is 89.0 Å². The summed E-state index contributed by atoms with van der Waals surface area (Å²) >= 11 is 0. The molecule has 4 aromatic carbocycles. The zero-order chi connectivity index (χ0) is 32.7. The van der Waals surface area contributed by atoms with Crippen molar-refractivity contribution in [3.8, 4) is 28.7 Å². The molecule has 16 heteroatoms. The van der Waals surface area contributed by atoms with E-state index in [4.69, 9.17) is 14.8 Å². The average molecular weight is 640 g/mol. The van der Waals surface area contributed by atoms with Crippen molar-refractivity contribution in [1.82, 2.24) is 20.3 Å². The summed E-state index contributed by atoms with van der Waals surface area (Å²) in [5, 5.41) is 36.3. The summed E-state index contributed by atoms with van der Waals surface area (Å²) < 4.78 is 45.6. The minimum Gasteiger partial charge on any atom is -0.505 e. The SMILES string of the molecule is Cc1ccc(N=Nc2c(C)cc3cc(S(=O)(=O)O)c(N=Nc4ccccc4-c4nc(C)no4)c(O)c3c2N)c(-c2nc(C)no2)c1. The van der Waals surface area contributed by atoms with Crippen LogP contribution in [0.1, 0.15) is 22.8 Å². The fourth-order valence-corrected chi connectivity index (χ4v) is 5.44. The quantitative estimate of drug-likeness (QED) is 0.0877. The first-order chi connectivity index (χ1) is 21.9. The van der Waals surface area contributed by atoms with Crippen molar-refractivity contribution in [2.75, 3.05) is 5.73 Å². The molecule has 15 nitrogen and oxygen atoms in total. The molecule has 46 heavy (non-hydrogen) atoms. The third kappa shape index (κ3) is 5.69.